The predicted octanol–water partition coefficient (Wildman–Crippen LogP) is 1.48. The highest BCUT2D eigenvalue weighted by Crippen LogP contribution is 2.27. The van der Waals surface area contributed by atoms with E-state index < -0.39 is 18.0 Å². The molecule has 0 aromatic heterocycles. The molecule has 0 aromatic carbocycles. The summed E-state index contributed by atoms with van der Waals surface area (Å²) in [6, 6.07) is 0.277. The van der Waals surface area contributed by atoms with Crippen LogP contribution in [0.15, 0.2) is 16.4 Å². The van der Waals surface area contributed by atoms with Crippen LogP contribution in [-0.2, 0) is 9.53 Å². The summed E-state index contributed by atoms with van der Waals surface area (Å²) in [4.78, 5) is 17.6. The molecule has 2 heterocycles. The van der Waals surface area contributed by atoms with E-state index in [1.807, 2.05) is 0 Å². The number of amides is 1. The van der Waals surface area contributed by atoms with Crippen LogP contribution in [0.4, 0.5) is 13.2 Å². The normalized spacial score (nSPS) is 24.5. The van der Waals surface area contributed by atoms with Gasteiger partial charge in [0.15, 0.2) is 6.29 Å². The van der Waals surface area contributed by atoms with Crippen molar-refractivity contribution in [3.63, 3.8) is 0 Å². The molecule has 158 valence electrons. The first-order chi connectivity index (χ1) is 13.4. The number of halogens is 3. The molecule has 2 fully saturated rings. The lowest BCUT2D eigenvalue weighted by Gasteiger charge is -2.29. The van der Waals surface area contributed by atoms with Crippen molar-refractivity contribution in [3.8, 4) is 0 Å². The highest BCUT2D eigenvalue weighted by atomic mass is 19.4. The van der Waals surface area contributed by atoms with Gasteiger partial charge >= 0.3 is 6.18 Å². The monoisotopic (exact) mass is 403 g/mol. The molecule has 3 rings (SSSR count). The van der Waals surface area contributed by atoms with Gasteiger partial charge in [0, 0.05) is 31.9 Å². The molecule has 1 saturated heterocycles. The van der Waals surface area contributed by atoms with Crippen molar-refractivity contribution in [3.05, 3.63) is 11.4 Å². The van der Waals surface area contributed by atoms with E-state index in [9.17, 15) is 18.0 Å². The molecule has 3 N–H and O–H groups in total. The molecule has 0 spiro atoms. The van der Waals surface area contributed by atoms with Gasteiger partial charge in [0.25, 0.3) is 0 Å². The Balaban J connectivity index is 1.52. The molecular formula is C18H28F3N5O2. The van der Waals surface area contributed by atoms with Gasteiger partial charge in [0.1, 0.15) is 11.4 Å². The lowest BCUT2D eigenvalue weighted by atomic mass is 10.2. The molecule has 10 heteroatoms. The molecule has 2 aliphatic heterocycles. The van der Waals surface area contributed by atoms with Crippen LogP contribution in [-0.4, -0.2) is 68.4 Å². The average molecular weight is 403 g/mol. The van der Waals surface area contributed by atoms with Gasteiger partial charge in [0.05, 0.1) is 19.6 Å². The highest BCUT2D eigenvalue weighted by molar-refractivity contribution is 5.82. The fourth-order valence-corrected chi connectivity index (χ4v) is 3.67. The molecule has 0 bridgehead atoms. The number of ether oxygens (including phenoxy) is 1. The molecule has 1 atom stereocenters. The lowest BCUT2D eigenvalue weighted by molar-refractivity contribution is -0.130. The zero-order chi connectivity index (χ0) is 20.0. The molecule has 0 aromatic rings. The SMILES string of the molecule is O=C1CCOCCN1CCCNC1=C(C(F)(F)F)C=NC(NC2CCCC2)N1. The number of rotatable bonds is 7. The third-order valence-electron chi connectivity index (χ3n) is 5.18. The second-order valence-corrected chi connectivity index (χ2v) is 7.28. The van der Waals surface area contributed by atoms with Gasteiger partial charge in [-0.1, -0.05) is 12.8 Å². The summed E-state index contributed by atoms with van der Waals surface area (Å²) in [6.45, 7) is 2.24. The molecule has 0 radical (unpaired) electrons. The van der Waals surface area contributed by atoms with Crippen molar-refractivity contribution in [2.45, 2.75) is 57.0 Å². The number of nitrogens with one attached hydrogen (secondary N) is 3. The Morgan fingerprint density at radius 2 is 2.07 bits per heavy atom. The Morgan fingerprint density at radius 3 is 2.82 bits per heavy atom. The van der Waals surface area contributed by atoms with Crippen LogP contribution in [0.25, 0.3) is 0 Å². The van der Waals surface area contributed by atoms with Crippen molar-refractivity contribution >= 4 is 12.1 Å². The molecular weight excluding hydrogens is 375 g/mol. The van der Waals surface area contributed by atoms with E-state index in [1.165, 1.54) is 0 Å². The summed E-state index contributed by atoms with van der Waals surface area (Å²) in [7, 11) is 0. The molecule has 1 unspecified atom stereocenters. The average Bonchev–Trinajstić information content (AvgIpc) is 3.06. The Hall–Kier alpha value is -1.81. The molecule has 28 heavy (non-hydrogen) atoms. The van der Waals surface area contributed by atoms with Crippen molar-refractivity contribution in [1.82, 2.24) is 20.9 Å². The molecule has 3 aliphatic rings. The van der Waals surface area contributed by atoms with Crippen LogP contribution in [0.5, 0.6) is 0 Å². The topological polar surface area (TPSA) is 78.0 Å². The van der Waals surface area contributed by atoms with Crippen LogP contribution in [0, 0.1) is 0 Å². The number of hydrogen-bond acceptors (Lipinski definition) is 6. The van der Waals surface area contributed by atoms with Crippen LogP contribution in [0.1, 0.15) is 38.5 Å². The fraction of sp³-hybridized carbons (Fsp3) is 0.778. The standard InChI is InChI=1S/C18H28F3N5O2/c19-18(20,21)14-12-23-17(24-13-4-1-2-5-13)25-16(14)22-7-3-8-26-9-11-28-10-6-15(26)27/h12-13,17,22,24-25H,1-11H2. The van der Waals surface area contributed by atoms with Crippen molar-refractivity contribution in [2.75, 3.05) is 32.8 Å². The van der Waals surface area contributed by atoms with Gasteiger partial charge < -0.3 is 20.3 Å². The Labute approximate surface area is 162 Å². The summed E-state index contributed by atoms with van der Waals surface area (Å²) in [5.74, 6) is -0.0417. The number of aliphatic imine (C=N–C) groups is 1. The third-order valence-corrected chi connectivity index (χ3v) is 5.18. The number of carbonyl (C=O) groups is 1. The smallest absolute Gasteiger partial charge is 0.379 e. The number of nitrogens with zero attached hydrogens (tertiary/aromatic N) is 2. The first-order valence-electron chi connectivity index (χ1n) is 9.90. The van der Waals surface area contributed by atoms with E-state index >= 15 is 0 Å². The van der Waals surface area contributed by atoms with Gasteiger partial charge in [-0.2, -0.15) is 13.2 Å². The third kappa shape index (κ3) is 5.84. The van der Waals surface area contributed by atoms with Gasteiger partial charge in [0.2, 0.25) is 5.91 Å². The number of allylic oxidation sites excluding steroid dienone is 1. The van der Waals surface area contributed by atoms with E-state index in [1.54, 1.807) is 4.90 Å². The van der Waals surface area contributed by atoms with Gasteiger partial charge in [-0.05, 0) is 19.3 Å². The molecule has 1 amide bonds. The maximum absolute atomic E-state index is 13.3. The maximum Gasteiger partial charge on any atom is 0.421 e. The number of carbonyl (C=O) groups excluding carboxylic acids is 1. The van der Waals surface area contributed by atoms with Crippen LogP contribution >= 0.6 is 0 Å². The van der Waals surface area contributed by atoms with E-state index in [-0.39, 0.29) is 17.8 Å². The summed E-state index contributed by atoms with van der Waals surface area (Å²) < 4.78 is 45.2. The molecule has 7 nitrogen and oxygen atoms in total. The quantitative estimate of drug-likeness (QED) is 0.562. The first kappa shape index (κ1) is 20.9. The minimum atomic E-state index is -4.49. The first-order valence-corrected chi connectivity index (χ1v) is 9.90. The second kappa shape index (κ2) is 9.60. The maximum atomic E-state index is 13.3. The van der Waals surface area contributed by atoms with E-state index in [0.29, 0.717) is 45.7 Å². The largest absolute Gasteiger partial charge is 0.421 e. The van der Waals surface area contributed by atoms with E-state index in [0.717, 1.165) is 31.9 Å². The van der Waals surface area contributed by atoms with Gasteiger partial charge in [-0.25, -0.2) is 0 Å². The van der Waals surface area contributed by atoms with E-state index in [2.05, 4.69) is 20.9 Å². The summed E-state index contributed by atoms with van der Waals surface area (Å²) >= 11 is 0. The van der Waals surface area contributed by atoms with Crippen LogP contribution < -0.4 is 16.0 Å². The Morgan fingerprint density at radius 1 is 1.29 bits per heavy atom. The second-order valence-electron chi connectivity index (χ2n) is 7.28. The Kier molecular flexibility index (Phi) is 7.17. The zero-order valence-corrected chi connectivity index (χ0v) is 15.9. The van der Waals surface area contributed by atoms with Crippen molar-refractivity contribution in [2.24, 2.45) is 4.99 Å². The minimum absolute atomic E-state index is 0.0245. The number of hydrogen-bond donors (Lipinski definition) is 3. The highest BCUT2D eigenvalue weighted by Gasteiger charge is 2.38. The Bertz CT molecular complexity index is 603. The summed E-state index contributed by atoms with van der Waals surface area (Å²) in [5, 5.41) is 8.94. The van der Waals surface area contributed by atoms with Crippen LogP contribution in [0.3, 0.4) is 0 Å². The van der Waals surface area contributed by atoms with E-state index in [4.69, 9.17) is 4.74 Å². The lowest BCUT2D eigenvalue weighted by Crippen LogP contribution is -2.50. The zero-order valence-electron chi connectivity index (χ0n) is 15.9. The predicted molar refractivity (Wildman–Crippen MR) is 98.5 cm³/mol. The van der Waals surface area contributed by atoms with Gasteiger partial charge in [-0.15, -0.1) is 0 Å². The van der Waals surface area contributed by atoms with Crippen molar-refractivity contribution < 1.29 is 22.7 Å². The van der Waals surface area contributed by atoms with Gasteiger partial charge in [-0.3, -0.25) is 15.1 Å². The van der Waals surface area contributed by atoms with Crippen molar-refractivity contribution in [1.29, 1.82) is 0 Å². The minimum Gasteiger partial charge on any atom is -0.379 e. The fourth-order valence-electron chi connectivity index (χ4n) is 3.67. The summed E-state index contributed by atoms with van der Waals surface area (Å²) in [6.07, 6.45) is 1.01. The van der Waals surface area contributed by atoms with Crippen LogP contribution in [0.2, 0.25) is 0 Å². The number of alkyl halides is 3. The molecule has 1 saturated carbocycles. The molecule has 1 aliphatic carbocycles. The summed E-state index contributed by atoms with van der Waals surface area (Å²) in [5.41, 5.74) is -0.809.